The Morgan fingerprint density at radius 3 is 2.33 bits per heavy atom. The summed E-state index contributed by atoms with van der Waals surface area (Å²) in [5.41, 5.74) is 10.8. The van der Waals surface area contributed by atoms with Crippen LogP contribution in [-0.4, -0.2) is 51.2 Å². The van der Waals surface area contributed by atoms with Crippen molar-refractivity contribution >= 4 is 11.0 Å². The number of hydrogen-bond donors (Lipinski definition) is 1. The van der Waals surface area contributed by atoms with Gasteiger partial charge in [-0.25, -0.2) is 4.98 Å². The fourth-order valence-corrected chi connectivity index (χ4v) is 7.09. The summed E-state index contributed by atoms with van der Waals surface area (Å²) in [6.45, 7) is 1.85. The smallest absolute Gasteiger partial charge is 0.137 e. The molecular weight excluding hydrogens is 480 g/mol. The number of pyridine rings is 2. The van der Waals surface area contributed by atoms with E-state index in [0.29, 0.717) is 18.1 Å². The fourth-order valence-electron chi connectivity index (χ4n) is 7.09. The van der Waals surface area contributed by atoms with E-state index in [1.54, 1.807) is 0 Å². The molecule has 2 bridgehead atoms. The molecule has 8 rings (SSSR count). The molecule has 0 saturated carbocycles. The summed E-state index contributed by atoms with van der Waals surface area (Å²) in [4.78, 5) is 15.4. The van der Waals surface area contributed by atoms with Crippen molar-refractivity contribution in [1.29, 1.82) is 0 Å². The third kappa shape index (κ3) is 4.08. The standard InChI is InChI=1S/C34H32N4O/c1-2-14-35-33(3-1)24-7-5-23(6-8-24)32-19-37-34-31(32)16-27(18-36-34)26-9-4-22-10-12-28(13-11-25(22)15-26)38-29-17-30(38)21-39-20-29/h1-9,14-16,18-19,28-30H,10-13,17,20-21H2,(H,36,37)/t28-,29?,30?/m0/s1. The lowest BCUT2D eigenvalue weighted by molar-refractivity contribution is -0.148. The molecule has 2 aliphatic heterocycles. The van der Waals surface area contributed by atoms with Crippen LogP contribution in [0, 0.1) is 0 Å². The second-order valence-corrected chi connectivity index (χ2v) is 11.4. The minimum atomic E-state index is 0.657. The van der Waals surface area contributed by atoms with Gasteiger partial charge in [0.25, 0.3) is 0 Å². The van der Waals surface area contributed by atoms with Crippen molar-refractivity contribution < 1.29 is 4.74 Å². The normalized spacial score (nSPS) is 22.7. The number of hydrogen-bond acceptors (Lipinski definition) is 4. The molecule has 2 unspecified atom stereocenters. The van der Waals surface area contributed by atoms with E-state index in [0.717, 1.165) is 41.9 Å². The maximum atomic E-state index is 5.74. The fraction of sp³-hybridized carbons (Fsp3) is 0.294. The van der Waals surface area contributed by atoms with Crippen LogP contribution in [0.25, 0.3) is 44.5 Å². The Bertz CT molecular complexity index is 1630. The molecule has 2 saturated heterocycles. The van der Waals surface area contributed by atoms with Crippen LogP contribution in [0.4, 0.5) is 0 Å². The molecule has 3 aliphatic rings. The number of rotatable bonds is 4. The number of nitrogens with zero attached hydrogens (tertiary/aromatic N) is 3. The highest BCUT2D eigenvalue weighted by molar-refractivity contribution is 5.96. The highest BCUT2D eigenvalue weighted by Gasteiger charge is 2.45. The Labute approximate surface area is 228 Å². The molecule has 3 aromatic heterocycles. The molecule has 0 radical (unpaired) electrons. The molecule has 1 N–H and O–H groups in total. The van der Waals surface area contributed by atoms with Crippen LogP contribution in [-0.2, 0) is 17.6 Å². The van der Waals surface area contributed by atoms with Crippen LogP contribution in [0.3, 0.4) is 0 Å². The van der Waals surface area contributed by atoms with E-state index < -0.39 is 0 Å². The summed E-state index contributed by atoms with van der Waals surface area (Å²) in [5, 5.41) is 1.15. The van der Waals surface area contributed by atoms with Crippen molar-refractivity contribution in [3.8, 4) is 33.5 Å². The maximum absolute atomic E-state index is 5.74. The first kappa shape index (κ1) is 23.1. The zero-order chi connectivity index (χ0) is 25.8. The third-order valence-electron chi connectivity index (χ3n) is 9.15. The molecule has 5 heterocycles. The first-order valence-electron chi connectivity index (χ1n) is 14.3. The van der Waals surface area contributed by atoms with Gasteiger partial charge in [0, 0.05) is 58.8 Å². The predicted octanol–water partition coefficient (Wildman–Crippen LogP) is 6.68. The number of aromatic amines is 1. The third-order valence-corrected chi connectivity index (χ3v) is 9.15. The van der Waals surface area contributed by atoms with E-state index in [2.05, 4.69) is 69.6 Å². The van der Waals surface area contributed by atoms with E-state index in [9.17, 15) is 0 Å². The Hall–Kier alpha value is -3.80. The molecule has 1 aliphatic carbocycles. The quantitative estimate of drug-likeness (QED) is 0.273. The van der Waals surface area contributed by atoms with Gasteiger partial charge in [-0.1, -0.05) is 48.5 Å². The van der Waals surface area contributed by atoms with E-state index in [-0.39, 0.29) is 0 Å². The topological polar surface area (TPSA) is 54.0 Å². The van der Waals surface area contributed by atoms with E-state index in [4.69, 9.17) is 9.72 Å². The minimum absolute atomic E-state index is 0.657. The van der Waals surface area contributed by atoms with Gasteiger partial charge in [0.2, 0.25) is 0 Å². The van der Waals surface area contributed by atoms with Gasteiger partial charge in [-0.05, 0) is 72.6 Å². The molecule has 2 fully saturated rings. The van der Waals surface area contributed by atoms with Crippen molar-refractivity contribution in [1.82, 2.24) is 19.9 Å². The molecule has 39 heavy (non-hydrogen) atoms. The zero-order valence-corrected chi connectivity index (χ0v) is 22.0. The monoisotopic (exact) mass is 512 g/mol. The van der Waals surface area contributed by atoms with E-state index in [1.165, 1.54) is 59.1 Å². The Morgan fingerprint density at radius 1 is 0.744 bits per heavy atom. The van der Waals surface area contributed by atoms with Crippen LogP contribution in [0.5, 0.6) is 0 Å². The summed E-state index contributed by atoms with van der Waals surface area (Å²) in [6.07, 6.45) is 12.1. The number of fused-ring (bicyclic) bond motifs is 4. The second kappa shape index (κ2) is 9.44. The van der Waals surface area contributed by atoms with Crippen LogP contribution < -0.4 is 0 Å². The van der Waals surface area contributed by atoms with Crippen molar-refractivity contribution in [2.24, 2.45) is 0 Å². The van der Waals surface area contributed by atoms with Gasteiger partial charge in [0.1, 0.15) is 5.65 Å². The molecule has 5 heteroatoms. The number of aryl methyl sites for hydroxylation is 2. The number of morpholine rings is 1. The van der Waals surface area contributed by atoms with Gasteiger partial charge in [-0.3, -0.25) is 9.88 Å². The van der Waals surface area contributed by atoms with Gasteiger partial charge >= 0.3 is 0 Å². The summed E-state index contributed by atoms with van der Waals surface area (Å²) in [7, 11) is 0. The Balaban J connectivity index is 1.06. The molecule has 5 nitrogen and oxygen atoms in total. The highest BCUT2D eigenvalue weighted by atomic mass is 16.5. The molecule has 3 atom stereocenters. The van der Waals surface area contributed by atoms with Crippen LogP contribution in [0.1, 0.15) is 30.4 Å². The maximum Gasteiger partial charge on any atom is 0.137 e. The van der Waals surface area contributed by atoms with Crippen LogP contribution in [0.15, 0.2) is 85.3 Å². The molecule has 5 aromatic rings. The summed E-state index contributed by atoms with van der Waals surface area (Å²) in [5.74, 6) is 0. The molecule has 0 amide bonds. The zero-order valence-electron chi connectivity index (χ0n) is 22.0. The average Bonchev–Trinajstić information content (AvgIpc) is 3.32. The van der Waals surface area contributed by atoms with Gasteiger partial charge in [-0.2, -0.15) is 0 Å². The van der Waals surface area contributed by atoms with Crippen LogP contribution in [0.2, 0.25) is 0 Å². The first-order valence-corrected chi connectivity index (χ1v) is 14.3. The molecule has 2 aromatic carbocycles. The van der Waals surface area contributed by atoms with E-state index in [1.807, 2.05) is 30.6 Å². The number of aromatic nitrogens is 3. The summed E-state index contributed by atoms with van der Waals surface area (Å²) >= 11 is 0. The average molecular weight is 513 g/mol. The van der Waals surface area contributed by atoms with Crippen molar-refractivity contribution in [2.75, 3.05) is 13.2 Å². The Kier molecular flexibility index (Phi) is 5.59. The number of ether oxygens (including phenoxy) is 1. The lowest BCUT2D eigenvalue weighted by atomic mass is 9.87. The first-order chi connectivity index (χ1) is 19.3. The van der Waals surface area contributed by atoms with Gasteiger partial charge in [0.05, 0.1) is 18.9 Å². The van der Waals surface area contributed by atoms with Crippen molar-refractivity contribution in [2.45, 2.75) is 50.2 Å². The SMILES string of the molecule is c1ccc(-c2ccc(-c3c[nH]c4ncc(-c5ccc6c(c5)CC[C@@H](N5C7COCC5C7)CC6)cc34)cc2)nc1. The summed E-state index contributed by atoms with van der Waals surface area (Å²) in [6, 6.07) is 26.1. The molecular formula is C34H32N4O. The molecule has 0 spiro atoms. The van der Waals surface area contributed by atoms with E-state index >= 15 is 0 Å². The lowest BCUT2D eigenvalue weighted by Crippen LogP contribution is -2.66. The van der Waals surface area contributed by atoms with Gasteiger partial charge in [0.15, 0.2) is 0 Å². The minimum Gasteiger partial charge on any atom is -0.378 e. The lowest BCUT2D eigenvalue weighted by Gasteiger charge is -2.56. The predicted molar refractivity (Wildman–Crippen MR) is 155 cm³/mol. The number of H-pyrrole nitrogens is 1. The second-order valence-electron chi connectivity index (χ2n) is 11.4. The van der Waals surface area contributed by atoms with Crippen molar-refractivity contribution in [3.63, 3.8) is 0 Å². The van der Waals surface area contributed by atoms with Gasteiger partial charge < -0.3 is 9.72 Å². The highest BCUT2D eigenvalue weighted by Crippen LogP contribution is 2.38. The Morgan fingerprint density at radius 2 is 1.54 bits per heavy atom. The van der Waals surface area contributed by atoms with Crippen molar-refractivity contribution in [3.05, 3.63) is 96.4 Å². The van der Waals surface area contributed by atoms with Gasteiger partial charge in [-0.15, -0.1) is 0 Å². The summed E-state index contributed by atoms with van der Waals surface area (Å²) < 4.78 is 5.74. The number of nitrogens with one attached hydrogen (secondary N) is 1. The largest absolute Gasteiger partial charge is 0.378 e. The number of benzene rings is 2. The van der Waals surface area contributed by atoms with Crippen LogP contribution >= 0.6 is 0 Å². The molecule has 194 valence electrons.